The van der Waals surface area contributed by atoms with Crippen molar-refractivity contribution < 1.29 is 24.8 Å². The second kappa shape index (κ2) is 14.8. The molecule has 0 amide bonds. The maximum Gasteiger partial charge on any atom is 0.106 e. The molecule has 0 heterocycles. The SMILES string of the molecule is CCCCCCOCC(C[C@H]1CC[C@@H](O)[C@H](O)[C@H]1O)OCCCCCC. The first kappa shape index (κ1) is 23.8. The first-order valence-electron chi connectivity index (χ1n) is 10.8. The molecule has 1 aliphatic rings. The van der Waals surface area contributed by atoms with Gasteiger partial charge in [0.05, 0.1) is 24.9 Å². The first-order valence-corrected chi connectivity index (χ1v) is 10.8. The molecular weight excluding hydrogens is 332 g/mol. The van der Waals surface area contributed by atoms with E-state index >= 15 is 0 Å². The molecule has 0 spiro atoms. The van der Waals surface area contributed by atoms with Crippen LogP contribution in [-0.2, 0) is 9.47 Å². The number of rotatable bonds is 15. The molecular formula is C21H42O5. The van der Waals surface area contributed by atoms with Gasteiger partial charge in [-0.2, -0.15) is 0 Å². The van der Waals surface area contributed by atoms with Gasteiger partial charge >= 0.3 is 0 Å². The van der Waals surface area contributed by atoms with Crippen molar-refractivity contribution in [3.05, 3.63) is 0 Å². The van der Waals surface area contributed by atoms with Crippen molar-refractivity contribution in [2.24, 2.45) is 5.92 Å². The Labute approximate surface area is 160 Å². The van der Waals surface area contributed by atoms with Gasteiger partial charge in [-0.3, -0.25) is 0 Å². The van der Waals surface area contributed by atoms with Crippen molar-refractivity contribution in [2.75, 3.05) is 19.8 Å². The molecule has 0 aromatic heterocycles. The summed E-state index contributed by atoms with van der Waals surface area (Å²) in [5.74, 6) is -0.0438. The number of ether oxygens (including phenoxy) is 2. The van der Waals surface area contributed by atoms with Crippen molar-refractivity contribution >= 4 is 0 Å². The van der Waals surface area contributed by atoms with Crippen molar-refractivity contribution in [3.63, 3.8) is 0 Å². The molecule has 1 aliphatic carbocycles. The van der Waals surface area contributed by atoms with Crippen molar-refractivity contribution in [1.82, 2.24) is 0 Å². The summed E-state index contributed by atoms with van der Waals surface area (Å²) in [6.45, 7) is 6.41. The molecule has 26 heavy (non-hydrogen) atoms. The van der Waals surface area contributed by atoms with E-state index in [4.69, 9.17) is 9.47 Å². The highest BCUT2D eigenvalue weighted by molar-refractivity contribution is 4.88. The standard InChI is InChI=1S/C21H42O5/c1-3-5-7-9-13-25-16-18(26-14-10-8-6-4-2)15-17-11-12-19(22)21(24)20(17)23/h17-24H,3-16H2,1-2H3/t17-,18?,19-,20+,21+/m1/s1. The topological polar surface area (TPSA) is 79.2 Å². The molecule has 156 valence electrons. The van der Waals surface area contributed by atoms with E-state index in [0.29, 0.717) is 25.9 Å². The summed E-state index contributed by atoms with van der Waals surface area (Å²) in [7, 11) is 0. The van der Waals surface area contributed by atoms with Gasteiger partial charge in [0.25, 0.3) is 0 Å². The Morgan fingerprint density at radius 3 is 2.12 bits per heavy atom. The fourth-order valence-electron chi connectivity index (χ4n) is 3.64. The molecule has 5 nitrogen and oxygen atoms in total. The van der Waals surface area contributed by atoms with Gasteiger partial charge in [-0.05, 0) is 38.0 Å². The zero-order valence-electron chi connectivity index (χ0n) is 16.9. The number of hydrogen-bond acceptors (Lipinski definition) is 5. The minimum Gasteiger partial charge on any atom is -0.390 e. The van der Waals surface area contributed by atoms with Gasteiger partial charge in [0.1, 0.15) is 6.10 Å². The molecule has 1 saturated carbocycles. The molecule has 0 aromatic carbocycles. The van der Waals surface area contributed by atoms with Crippen LogP contribution in [0, 0.1) is 5.92 Å². The van der Waals surface area contributed by atoms with Crippen LogP contribution < -0.4 is 0 Å². The Hall–Kier alpha value is -0.200. The van der Waals surface area contributed by atoms with Crippen LogP contribution in [-0.4, -0.2) is 59.6 Å². The van der Waals surface area contributed by atoms with Crippen LogP contribution in [0.15, 0.2) is 0 Å². The van der Waals surface area contributed by atoms with Gasteiger partial charge in [0.15, 0.2) is 0 Å². The molecule has 1 fully saturated rings. The highest BCUT2D eigenvalue weighted by atomic mass is 16.5. The van der Waals surface area contributed by atoms with E-state index in [1.54, 1.807) is 0 Å². The fourth-order valence-corrected chi connectivity index (χ4v) is 3.64. The Morgan fingerprint density at radius 2 is 1.46 bits per heavy atom. The van der Waals surface area contributed by atoms with Gasteiger partial charge in [-0.1, -0.05) is 52.4 Å². The Kier molecular flexibility index (Phi) is 13.6. The highest BCUT2D eigenvalue weighted by Crippen LogP contribution is 2.29. The van der Waals surface area contributed by atoms with E-state index in [0.717, 1.165) is 26.1 Å². The molecule has 0 bridgehead atoms. The van der Waals surface area contributed by atoms with Gasteiger partial charge in [-0.15, -0.1) is 0 Å². The van der Waals surface area contributed by atoms with E-state index in [1.807, 2.05) is 0 Å². The highest BCUT2D eigenvalue weighted by Gasteiger charge is 2.37. The fraction of sp³-hybridized carbons (Fsp3) is 1.00. The zero-order chi connectivity index (χ0) is 19.2. The first-order chi connectivity index (χ1) is 12.6. The Morgan fingerprint density at radius 1 is 0.808 bits per heavy atom. The lowest BCUT2D eigenvalue weighted by Gasteiger charge is -2.36. The van der Waals surface area contributed by atoms with E-state index in [2.05, 4.69) is 13.8 Å². The monoisotopic (exact) mass is 374 g/mol. The van der Waals surface area contributed by atoms with E-state index in [1.165, 1.54) is 38.5 Å². The van der Waals surface area contributed by atoms with Crippen LogP contribution in [0.4, 0.5) is 0 Å². The second-order valence-electron chi connectivity index (χ2n) is 7.81. The number of hydrogen-bond donors (Lipinski definition) is 3. The number of aliphatic hydroxyl groups excluding tert-OH is 3. The van der Waals surface area contributed by atoms with E-state index in [-0.39, 0.29) is 12.0 Å². The normalized spacial score (nSPS) is 27.6. The summed E-state index contributed by atoms with van der Waals surface area (Å²) in [6, 6.07) is 0. The molecule has 1 rings (SSSR count). The predicted molar refractivity (Wildman–Crippen MR) is 104 cm³/mol. The predicted octanol–water partition coefficient (Wildman–Crippen LogP) is 3.43. The van der Waals surface area contributed by atoms with Gasteiger partial charge in [0, 0.05) is 13.2 Å². The smallest absolute Gasteiger partial charge is 0.106 e. The number of aliphatic hydroxyl groups is 3. The van der Waals surface area contributed by atoms with Gasteiger partial charge < -0.3 is 24.8 Å². The second-order valence-corrected chi connectivity index (χ2v) is 7.81. The maximum atomic E-state index is 10.3. The Balaban J connectivity index is 2.37. The molecule has 0 saturated heterocycles. The maximum absolute atomic E-state index is 10.3. The molecule has 0 aliphatic heterocycles. The van der Waals surface area contributed by atoms with Gasteiger partial charge in [0.2, 0.25) is 0 Å². The summed E-state index contributed by atoms with van der Waals surface area (Å²) in [5.41, 5.74) is 0. The molecule has 5 heteroatoms. The quantitative estimate of drug-likeness (QED) is 0.383. The van der Waals surface area contributed by atoms with Crippen LogP contribution in [0.25, 0.3) is 0 Å². The molecule has 0 aromatic rings. The third kappa shape index (κ3) is 9.65. The van der Waals surface area contributed by atoms with Crippen LogP contribution in [0.2, 0.25) is 0 Å². The Bertz CT molecular complexity index is 326. The summed E-state index contributed by atoms with van der Waals surface area (Å²) in [4.78, 5) is 0. The van der Waals surface area contributed by atoms with Crippen LogP contribution in [0.1, 0.15) is 84.5 Å². The minimum absolute atomic E-state index is 0.0438. The third-order valence-corrected chi connectivity index (χ3v) is 5.42. The lowest BCUT2D eigenvalue weighted by molar-refractivity contribution is -0.123. The average molecular weight is 375 g/mol. The van der Waals surface area contributed by atoms with Crippen molar-refractivity contribution in [3.8, 4) is 0 Å². The summed E-state index contributed by atoms with van der Waals surface area (Å²) in [6.07, 6.45) is 8.53. The summed E-state index contributed by atoms with van der Waals surface area (Å²) in [5, 5.41) is 29.9. The molecule has 0 radical (unpaired) electrons. The lowest BCUT2D eigenvalue weighted by atomic mass is 9.80. The van der Waals surface area contributed by atoms with Gasteiger partial charge in [-0.25, -0.2) is 0 Å². The zero-order valence-corrected chi connectivity index (χ0v) is 16.9. The largest absolute Gasteiger partial charge is 0.390 e. The van der Waals surface area contributed by atoms with Crippen molar-refractivity contribution in [2.45, 2.75) is 109 Å². The van der Waals surface area contributed by atoms with Crippen LogP contribution in [0.3, 0.4) is 0 Å². The van der Waals surface area contributed by atoms with Crippen molar-refractivity contribution in [1.29, 1.82) is 0 Å². The average Bonchev–Trinajstić information content (AvgIpc) is 2.64. The third-order valence-electron chi connectivity index (χ3n) is 5.42. The van der Waals surface area contributed by atoms with Crippen LogP contribution in [0.5, 0.6) is 0 Å². The van der Waals surface area contributed by atoms with E-state index in [9.17, 15) is 15.3 Å². The van der Waals surface area contributed by atoms with E-state index < -0.39 is 18.3 Å². The minimum atomic E-state index is -1.05. The lowest BCUT2D eigenvalue weighted by Crippen LogP contribution is -2.47. The molecule has 3 N–H and O–H groups in total. The summed E-state index contributed by atoms with van der Waals surface area (Å²) >= 11 is 0. The molecule has 1 unspecified atom stereocenters. The molecule has 5 atom stereocenters. The number of unbranched alkanes of at least 4 members (excludes halogenated alkanes) is 6. The summed E-state index contributed by atoms with van der Waals surface area (Å²) < 4.78 is 11.9. The van der Waals surface area contributed by atoms with Crippen LogP contribution >= 0.6 is 0 Å².